The summed E-state index contributed by atoms with van der Waals surface area (Å²) in [6.07, 6.45) is 3.03. The highest BCUT2D eigenvalue weighted by molar-refractivity contribution is 5.78. The van der Waals surface area contributed by atoms with Crippen LogP contribution in [0.5, 0.6) is 0 Å². The topological polar surface area (TPSA) is 75.4 Å². The highest BCUT2D eigenvalue weighted by Gasteiger charge is 2.32. The van der Waals surface area contributed by atoms with E-state index >= 15 is 0 Å². The van der Waals surface area contributed by atoms with Crippen LogP contribution in [0.3, 0.4) is 0 Å². The number of amides is 3. The number of hydrogen-bond acceptors (Lipinski definition) is 2. The molecular formula is C23H29N3O2. The van der Waals surface area contributed by atoms with Crippen LogP contribution in [-0.2, 0) is 10.2 Å². The van der Waals surface area contributed by atoms with Gasteiger partial charge in [0.25, 0.3) is 0 Å². The summed E-state index contributed by atoms with van der Waals surface area (Å²) >= 11 is 0. The number of primary amides is 1. The highest BCUT2D eigenvalue weighted by atomic mass is 16.2. The van der Waals surface area contributed by atoms with E-state index in [0.29, 0.717) is 13.1 Å². The number of piperidine rings is 1. The summed E-state index contributed by atoms with van der Waals surface area (Å²) in [5.74, 6) is -0.358. The van der Waals surface area contributed by atoms with E-state index < -0.39 is 0 Å². The maximum absolute atomic E-state index is 13.0. The van der Waals surface area contributed by atoms with E-state index in [0.717, 1.165) is 30.4 Å². The van der Waals surface area contributed by atoms with Gasteiger partial charge in [0, 0.05) is 31.0 Å². The van der Waals surface area contributed by atoms with Gasteiger partial charge in [0.05, 0.1) is 0 Å². The maximum atomic E-state index is 13.0. The van der Waals surface area contributed by atoms with E-state index in [1.54, 1.807) is 4.90 Å². The number of carbonyl (C=O) groups is 2. The monoisotopic (exact) mass is 379 g/mol. The molecule has 1 fully saturated rings. The third kappa shape index (κ3) is 4.53. The fourth-order valence-electron chi connectivity index (χ4n) is 4.05. The first-order valence-corrected chi connectivity index (χ1v) is 9.94. The van der Waals surface area contributed by atoms with Crippen molar-refractivity contribution in [3.05, 3.63) is 71.8 Å². The Labute approximate surface area is 166 Å². The van der Waals surface area contributed by atoms with Gasteiger partial charge in [0.15, 0.2) is 0 Å². The highest BCUT2D eigenvalue weighted by Crippen LogP contribution is 2.31. The number of benzene rings is 2. The molecule has 1 atom stereocenters. The Bertz CT molecular complexity index is 753. The van der Waals surface area contributed by atoms with Crippen molar-refractivity contribution in [2.45, 2.75) is 44.1 Å². The van der Waals surface area contributed by atoms with E-state index in [9.17, 15) is 9.59 Å². The van der Waals surface area contributed by atoms with Gasteiger partial charge in [-0.2, -0.15) is 0 Å². The maximum Gasteiger partial charge on any atom is 0.317 e. The molecule has 1 heterocycles. The van der Waals surface area contributed by atoms with Gasteiger partial charge in [-0.15, -0.1) is 0 Å². The summed E-state index contributed by atoms with van der Waals surface area (Å²) < 4.78 is 0. The van der Waals surface area contributed by atoms with E-state index in [1.807, 2.05) is 36.4 Å². The summed E-state index contributed by atoms with van der Waals surface area (Å²) in [4.78, 5) is 26.1. The summed E-state index contributed by atoms with van der Waals surface area (Å²) in [5, 5.41) is 3.13. The first-order valence-electron chi connectivity index (χ1n) is 9.94. The summed E-state index contributed by atoms with van der Waals surface area (Å²) in [7, 11) is 0. The number of rotatable bonds is 6. The lowest BCUT2D eigenvalue weighted by Crippen LogP contribution is -2.52. The van der Waals surface area contributed by atoms with Crippen LogP contribution in [0.1, 0.15) is 43.7 Å². The van der Waals surface area contributed by atoms with Crippen molar-refractivity contribution in [1.82, 2.24) is 10.2 Å². The fourth-order valence-corrected chi connectivity index (χ4v) is 4.05. The Hall–Kier alpha value is -2.82. The van der Waals surface area contributed by atoms with E-state index in [1.165, 1.54) is 0 Å². The molecule has 2 aromatic carbocycles. The van der Waals surface area contributed by atoms with Crippen LogP contribution in [0.15, 0.2) is 60.7 Å². The smallest absolute Gasteiger partial charge is 0.317 e. The first-order chi connectivity index (χ1) is 13.5. The van der Waals surface area contributed by atoms with Gasteiger partial charge in [0.1, 0.15) is 0 Å². The minimum atomic E-state index is -0.358. The second kappa shape index (κ2) is 8.91. The first kappa shape index (κ1) is 19.9. The normalized spacial score (nSPS) is 17.2. The van der Waals surface area contributed by atoms with E-state index in [-0.39, 0.29) is 29.8 Å². The molecule has 1 unspecified atom stereocenters. The van der Waals surface area contributed by atoms with Gasteiger partial charge in [-0.25, -0.2) is 4.79 Å². The van der Waals surface area contributed by atoms with Gasteiger partial charge in [0.2, 0.25) is 5.91 Å². The second-order valence-electron chi connectivity index (χ2n) is 7.74. The number of nitrogens with zero attached hydrogens (tertiary/aromatic N) is 1. The van der Waals surface area contributed by atoms with Gasteiger partial charge >= 0.3 is 6.03 Å². The molecule has 1 aliphatic heterocycles. The van der Waals surface area contributed by atoms with Crippen molar-refractivity contribution in [1.29, 1.82) is 0 Å². The molecule has 3 amide bonds. The van der Waals surface area contributed by atoms with Crippen molar-refractivity contribution in [3.63, 3.8) is 0 Å². The van der Waals surface area contributed by atoms with Gasteiger partial charge < -0.3 is 16.0 Å². The number of nitrogens with two attached hydrogens (primary N) is 1. The van der Waals surface area contributed by atoms with Gasteiger partial charge in [-0.1, -0.05) is 60.7 Å². The lowest BCUT2D eigenvalue weighted by molar-refractivity contribution is -0.119. The Morgan fingerprint density at radius 1 is 1.04 bits per heavy atom. The molecule has 0 spiro atoms. The Morgan fingerprint density at radius 2 is 1.61 bits per heavy atom. The SMILES string of the molecule is CC(CNC(=O)N1CCCCC1CC(N)=O)(c1ccccc1)c1ccccc1. The quantitative estimate of drug-likeness (QED) is 0.807. The summed E-state index contributed by atoms with van der Waals surface area (Å²) in [5.41, 5.74) is 7.32. The zero-order valence-corrected chi connectivity index (χ0v) is 16.4. The fraction of sp³-hybridized carbons (Fsp3) is 0.391. The molecule has 2 aromatic rings. The van der Waals surface area contributed by atoms with Crippen LogP contribution < -0.4 is 11.1 Å². The minimum Gasteiger partial charge on any atom is -0.370 e. The van der Waals surface area contributed by atoms with E-state index in [4.69, 9.17) is 5.73 Å². The summed E-state index contributed by atoms with van der Waals surface area (Å²) in [6, 6.07) is 20.2. The van der Waals surface area contributed by atoms with Crippen LogP contribution >= 0.6 is 0 Å². The molecule has 3 N–H and O–H groups in total. The molecule has 0 saturated carbocycles. The third-order valence-electron chi connectivity index (χ3n) is 5.74. The minimum absolute atomic E-state index is 0.106. The van der Waals surface area contributed by atoms with Crippen LogP contribution in [0.25, 0.3) is 0 Å². The summed E-state index contributed by atoms with van der Waals surface area (Å²) in [6.45, 7) is 3.28. The van der Waals surface area contributed by atoms with Crippen molar-refractivity contribution >= 4 is 11.9 Å². The van der Waals surface area contributed by atoms with E-state index in [2.05, 4.69) is 36.5 Å². The number of urea groups is 1. The van der Waals surface area contributed by atoms with Crippen LogP contribution in [-0.4, -0.2) is 36.0 Å². The van der Waals surface area contributed by atoms with Crippen molar-refractivity contribution in [3.8, 4) is 0 Å². The molecule has 0 aromatic heterocycles. The molecule has 0 bridgehead atoms. The van der Waals surface area contributed by atoms with Crippen LogP contribution in [0, 0.1) is 0 Å². The average molecular weight is 380 g/mol. The molecule has 0 aliphatic carbocycles. The molecule has 5 heteroatoms. The Kier molecular flexibility index (Phi) is 6.34. The molecule has 148 valence electrons. The average Bonchev–Trinajstić information content (AvgIpc) is 2.73. The lowest BCUT2D eigenvalue weighted by Gasteiger charge is -2.37. The Balaban J connectivity index is 1.78. The van der Waals surface area contributed by atoms with Crippen molar-refractivity contribution < 1.29 is 9.59 Å². The largest absolute Gasteiger partial charge is 0.370 e. The van der Waals surface area contributed by atoms with Crippen molar-refractivity contribution in [2.75, 3.05) is 13.1 Å². The Morgan fingerprint density at radius 3 is 2.14 bits per heavy atom. The zero-order valence-electron chi connectivity index (χ0n) is 16.4. The third-order valence-corrected chi connectivity index (χ3v) is 5.74. The molecule has 5 nitrogen and oxygen atoms in total. The number of carbonyl (C=O) groups excluding carboxylic acids is 2. The second-order valence-corrected chi connectivity index (χ2v) is 7.74. The standard InChI is InChI=1S/C23H29N3O2/c1-23(18-10-4-2-5-11-18,19-12-6-3-7-13-19)17-25-22(28)26-15-9-8-14-20(26)16-21(24)27/h2-7,10-13,20H,8-9,14-17H2,1H3,(H2,24,27)(H,25,28). The van der Waals surface area contributed by atoms with Crippen LogP contribution in [0.4, 0.5) is 4.79 Å². The predicted octanol–water partition coefficient (Wildman–Crippen LogP) is 3.43. The number of likely N-dealkylation sites (tertiary alicyclic amines) is 1. The molecule has 0 radical (unpaired) electrons. The molecule has 1 saturated heterocycles. The van der Waals surface area contributed by atoms with Crippen molar-refractivity contribution in [2.24, 2.45) is 5.73 Å². The number of hydrogen-bond donors (Lipinski definition) is 2. The molecule has 1 aliphatic rings. The predicted molar refractivity (Wildman–Crippen MR) is 111 cm³/mol. The van der Waals surface area contributed by atoms with Gasteiger partial charge in [-0.05, 0) is 37.3 Å². The van der Waals surface area contributed by atoms with Gasteiger partial charge in [-0.3, -0.25) is 4.79 Å². The number of nitrogens with one attached hydrogen (secondary N) is 1. The van der Waals surface area contributed by atoms with Crippen LogP contribution in [0.2, 0.25) is 0 Å². The molecule has 3 rings (SSSR count). The molecule has 28 heavy (non-hydrogen) atoms. The lowest BCUT2D eigenvalue weighted by atomic mass is 9.76. The molecular weight excluding hydrogens is 350 g/mol. The zero-order chi connectivity index (χ0) is 20.0.